The van der Waals surface area contributed by atoms with Crippen LogP contribution in [0.4, 0.5) is 13.2 Å². The highest BCUT2D eigenvalue weighted by Crippen LogP contribution is 2.22. The molecular weight excluding hydrogens is 229 g/mol. The Morgan fingerprint density at radius 2 is 1.65 bits per heavy atom. The number of hydrogen-bond donors (Lipinski definition) is 1. The maximum absolute atomic E-state index is 12.5. The number of nitrogens with zero attached hydrogens (tertiary/aromatic N) is 1. The molecule has 5 heteroatoms. The molecule has 1 atom stereocenters. The smallest absolute Gasteiger partial charge is 0.315 e. The summed E-state index contributed by atoms with van der Waals surface area (Å²) in [6, 6.07) is -0.195. The zero-order valence-corrected chi connectivity index (χ0v) is 11.4. The lowest BCUT2D eigenvalue weighted by Crippen LogP contribution is -2.52. The van der Waals surface area contributed by atoms with Crippen LogP contribution in [0.3, 0.4) is 0 Å². The van der Waals surface area contributed by atoms with Crippen molar-refractivity contribution in [2.75, 3.05) is 19.6 Å². The minimum atomic E-state index is -4.14. The van der Waals surface area contributed by atoms with Crippen molar-refractivity contribution in [1.29, 1.82) is 0 Å². The first-order valence-electron chi connectivity index (χ1n) is 6.22. The summed E-state index contributed by atoms with van der Waals surface area (Å²) in [6.07, 6.45) is -4.14. The monoisotopic (exact) mass is 254 g/mol. The topological polar surface area (TPSA) is 15.3 Å². The molecule has 0 rings (SSSR count). The number of hydrogen-bond acceptors (Lipinski definition) is 2. The third-order valence-electron chi connectivity index (χ3n) is 2.82. The van der Waals surface area contributed by atoms with Crippen molar-refractivity contribution in [2.24, 2.45) is 5.92 Å². The molecular formula is C12H25F3N2. The SMILES string of the molecule is CCNCC(C(C)C)N(CC(F)(F)F)C(C)C. The van der Waals surface area contributed by atoms with E-state index in [1.807, 2.05) is 34.6 Å². The second kappa shape index (κ2) is 7.21. The second-order valence-corrected chi connectivity index (χ2v) is 5.00. The summed E-state index contributed by atoms with van der Waals surface area (Å²) in [7, 11) is 0. The molecule has 17 heavy (non-hydrogen) atoms. The Hall–Kier alpha value is -0.290. The van der Waals surface area contributed by atoms with Crippen LogP contribution in [0.2, 0.25) is 0 Å². The van der Waals surface area contributed by atoms with E-state index < -0.39 is 12.7 Å². The molecule has 0 spiro atoms. The van der Waals surface area contributed by atoms with Crippen LogP contribution < -0.4 is 5.32 Å². The molecule has 0 aromatic rings. The van der Waals surface area contributed by atoms with Crippen LogP contribution in [0.1, 0.15) is 34.6 Å². The van der Waals surface area contributed by atoms with Gasteiger partial charge in [0.15, 0.2) is 0 Å². The summed E-state index contributed by atoms with van der Waals surface area (Å²) >= 11 is 0. The molecule has 0 aliphatic carbocycles. The van der Waals surface area contributed by atoms with Crippen molar-refractivity contribution < 1.29 is 13.2 Å². The molecule has 104 valence electrons. The van der Waals surface area contributed by atoms with E-state index >= 15 is 0 Å². The minimum Gasteiger partial charge on any atom is -0.315 e. The molecule has 0 bridgehead atoms. The molecule has 0 heterocycles. The Bertz CT molecular complexity index is 202. The Balaban J connectivity index is 4.71. The quantitative estimate of drug-likeness (QED) is 0.751. The third kappa shape index (κ3) is 6.88. The highest BCUT2D eigenvalue weighted by atomic mass is 19.4. The first kappa shape index (κ1) is 16.7. The van der Waals surface area contributed by atoms with Crippen molar-refractivity contribution in [2.45, 2.75) is 52.9 Å². The first-order chi connectivity index (χ1) is 7.69. The fourth-order valence-corrected chi connectivity index (χ4v) is 1.92. The Kier molecular flexibility index (Phi) is 7.09. The van der Waals surface area contributed by atoms with Crippen molar-refractivity contribution in [3.63, 3.8) is 0 Å². The Labute approximate surface area is 103 Å². The van der Waals surface area contributed by atoms with E-state index in [9.17, 15) is 13.2 Å². The Morgan fingerprint density at radius 3 is 1.94 bits per heavy atom. The first-order valence-corrected chi connectivity index (χ1v) is 6.22. The van der Waals surface area contributed by atoms with Gasteiger partial charge in [0.1, 0.15) is 0 Å². The summed E-state index contributed by atoms with van der Waals surface area (Å²) < 4.78 is 37.6. The molecule has 2 nitrogen and oxygen atoms in total. The summed E-state index contributed by atoms with van der Waals surface area (Å²) in [5.41, 5.74) is 0. The summed E-state index contributed by atoms with van der Waals surface area (Å²) in [6.45, 7) is 10.1. The zero-order chi connectivity index (χ0) is 13.6. The summed E-state index contributed by atoms with van der Waals surface area (Å²) in [5, 5.41) is 3.14. The summed E-state index contributed by atoms with van der Waals surface area (Å²) in [5.74, 6) is 0.193. The van der Waals surface area contributed by atoms with Gasteiger partial charge in [-0.3, -0.25) is 4.90 Å². The van der Waals surface area contributed by atoms with E-state index in [0.29, 0.717) is 6.54 Å². The van der Waals surface area contributed by atoms with Crippen molar-refractivity contribution in [3.05, 3.63) is 0 Å². The number of halogens is 3. The van der Waals surface area contributed by atoms with Crippen LogP contribution in [0.25, 0.3) is 0 Å². The van der Waals surface area contributed by atoms with Gasteiger partial charge in [-0.15, -0.1) is 0 Å². The van der Waals surface area contributed by atoms with Gasteiger partial charge in [-0.2, -0.15) is 13.2 Å². The minimum absolute atomic E-state index is 0.0865. The van der Waals surface area contributed by atoms with Crippen molar-refractivity contribution in [1.82, 2.24) is 10.2 Å². The van der Waals surface area contributed by atoms with Gasteiger partial charge in [0.05, 0.1) is 6.54 Å². The third-order valence-corrected chi connectivity index (χ3v) is 2.82. The number of nitrogens with one attached hydrogen (secondary N) is 1. The van der Waals surface area contributed by atoms with Crippen LogP contribution >= 0.6 is 0 Å². The van der Waals surface area contributed by atoms with Gasteiger partial charge >= 0.3 is 6.18 Å². The molecule has 0 amide bonds. The fraction of sp³-hybridized carbons (Fsp3) is 1.00. The molecule has 1 unspecified atom stereocenters. The maximum Gasteiger partial charge on any atom is 0.401 e. The highest BCUT2D eigenvalue weighted by molar-refractivity contribution is 4.81. The van der Waals surface area contributed by atoms with Gasteiger partial charge in [-0.05, 0) is 26.3 Å². The van der Waals surface area contributed by atoms with Gasteiger partial charge in [-0.25, -0.2) is 0 Å². The van der Waals surface area contributed by atoms with Crippen LogP contribution in [-0.4, -0.2) is 42.8 Å². The Morgan fingerprint density at radius 1 is 1.12 bits per heavy atom. The molecule has 0 radical (unpaired) electrons. The van der Waals surface area contributed by atoms with Crippen molar-refractivity contribution >= 4 is 0 Å². The number of rotatable bonds is 7. The fourth-order valence-electron chi connectivity index (χ4n) is 1.92. The van der Waals surface area contributed by atoms with E-state index in [4.69, 9.17) is 0 Å². The van der Waals surface area contributed by atoms with E-state index in [-0.39, 0.29) is 18.0 Å². The molecule has 0 aliphatic rings. The van der Waals surface area contributed by atoms with Crippen LogP contribution in [0, 0.1) is 5.92 Å². The molecule has 0 fully saturated rings. The molecule has 0 saturated carbocycles. The predicted octanol–water partition coefficient (Wildman–Crippen LogP) is 2.89. The molecule has 0 aromatic carbocycles. The van der Waals surface area contributed by atoms with Crippen LogP contribution in [-0.2, 0) is 0 Å². The maximum atomic E-state index is 12.5. The van der Waals surface area contributed by atoms with Gasteiger partial charge in [0.2, 0.25) is 0 Å². The predicted molar refractivity (Wildman–Crippen MR) is 65.1 cm³/mol. The van der Waals surface area contributed by atoms with Crippen LogP contribution in [0.5, 0.6) is 0 Å². The lowest BCUT2D eigenvalue weighted by atomic mass is 10.0. The van der Waals surface area contributed by atoms with E-state index in [2.05, 4.69) is 5.32 Å². The second-order valence-electron chi connectivity index (χ2n) is 5.00. The van der Waals surface area contributed by atoms with E-state index in [1.165, 1.54) is 4.90 Å². The van der Waals surface area contributed by atoms with E-state index in [0.717, 1.165) is 6.54 Å². The van der Waals surface area contributed by atoms with Crippen LogP contribution in [0.15, 0.2) is 0 Å². The van der Waals surface area contributed by atoms with Gasteiger partial charge < -0.3 is 5.32 Å². The van der Waals surface area contributed by atoms with Gasteiger partial charge in [0.25, 0.3) is 0 Å². The average molecular weight is 254 g/mol. The average Bonchev–Trinajstić information content (AvgIpc) is 2.14. The lowest BCUT2D eigenvalue weighted by molar-refractivity contribution is -0.157. The zero-order valence-electron chi connectivity index (χ0n) is 11.4. The van der Waals surface area contributed by atoms with Crippen molar-refractivity contribution in [3.8, 4) is 0 Å². The normalized spacial score (nSPS) is 15.0. The standard InChI is InChI=1S/C12H25F3N2/c1-6-16-7-11(9(2)3)17(10(4)5)8-12(13,14)15/h9-11,16H,6-8H2,1-5H3. The van der Waals surface area contributed by atoms with Gasteiger partial charge in [-0.1, -0.05) is 20.8 Å². The molecule has 0 aliphatic heterocycles. The number of likely N-dealkylation sites (N-methyl/N-ethyl adjacent to an activating group) is 1. The van der Waals surface area contributed by atoms with Gasteiger partial charge in [0, 0.05) is 18.6 Å². The molecule has 0 aromatic heterocycles. The summed E-state index contributed by atoms with van der Waals surface area (Å²) in [4.78, 5) is 1.54. The molecule has 1 N–H and O–H groups in total. The number of alkyl halides is 3. The molecule has 0 saturated heterocycles. The largest absolute Gasteiger partial charge is 0.401 e. The highest BCUT2D eigenvalue weighted by Gasteiger charge is 2.35. The lowest BCUT2D eigenvalue weighted by Gasteiger charge is -2.38. The van der Waals surface area contributed by atoms with E-state index in [1.54, 1.807) is 0 Å².